The molecule has 1 N–H and O–H groups in total. The minimum absolute atomic E-state index is 0.00295. The number of amides is 1. The average Bonchev–Trinajstić information content (AvgIpc) is 3.79. The molecule has 2 aromatic rings. The number of anilines is 1. The number of benzene rings is 2. The first-order chi connectivity index (χ1) is 18.4. The van der Waals surface area contributed by atoms with E-state index >= 15 is 0 Å². The number of carbonyl (C=O) groups is 1. The zero-order valence-electron chi connectivity index (χ0n) is 22.3. The van der Waals surface area contributed by atoms with Crippen LogP contribution in [0.25, 0.3) is 0 Å². The Kier molecular flexibility index (Phi) is 9.45. The fourth-order valence-corrected chi connectivity index (χ4v) is 5.69. The van der Waals surface area contributed by atoms with Crippen molar-refractivity contribution in [3.63, 3.8) is 0 Å². The van der Waals surface area contributed by atoms with Gasteiger partial charge in [-0.3, -0.25) is 9.69 Å². The Hall–Kier alpha value is -2.89. The maximum absolute atomic E-state index is 13.7. The Labute approximate surface area is 233 Å². The van der Waals surface area contributed by atoms with Gasteiger partial charge >= 0.3 is 0 Å². The smallest absolute Gasteiger partial charge is 0.237 e. The van der Waals surface area contributed by atoms with Crippen LogP contribution in [-0.4, -0.2) is 91.5 Å². The summed E-state index contributed by atoms with van der Waals surface area (Å²) >= 11 is 7.08. The Bertz CT molecular complexity index is 1130. The predicted molar refractivity (Wildman–Crippen MR) is 153 cm³/mol. The van der Waals surface area contributed by atoms with E-state index in [1.165, 1.54) is 53.0 Å². The summed E-state index contributed by atoms with van der Waals surface area (Å²) in [6.45, 7) is 4.01. The summed E-state index contributed by atoms with van der Waals surface area (Å²) in [5.41, 5.74) is 1.30. The fourth-order valence-electron chi connectivity index (χ4n) is 4.57. The van der Waals surface area contributed by atoms with Gasteiger partial charge in [-0.25, -0.2) is 0 Å². The summed E-state index contributed by atoms with van der Waals surface area (Å²) in [4.78, 5) is 20.0. The second-order valence-corrected chi connectivity index (χ2v) is 10.8. The molecule has 2 aromatic carbocycles. The molecule has 0 unspecified atom stereocenters. The molecule has 1 amide bonds. The molecule has 9 nitrogen and oxygen atoms in total. The van der Waals surface area contributed by atoms with Gasteiger partial charge in [0.25, 0.3) is 0 Å². The number of methoxy groups -OCH3 is 4. The number of rotatable bonds is 10. The molecular formula is C27H35N3O6S2. The van der Waals surface area contributed by atoms with E-state index in [1.807, 2.05) is 6.07 Å². The first kappa shape index (κ1) is 28.1. The topological polar surface area (TPSA) is 83.9 Å². The SMILES string of the molecule is COc1ccc(CN(C(=O)CSC(=S)N2CCN(C3CC3)CC2)c2cc(OC)c(OC)c(OC)c2)cc1O. The second kappa shape index (κ2) is 12.8. The lowest BCUT2D eigenvalue weighted by Gasteiger charge is -2.36. The fraction of sp³-hybridized carbons (Fsp3) is 0.481. The van der Waals surface area contributed by atoms with Crippen molar-refractivity contribution in [3.05, 3.63) is 35.9 Å². The van der Waals surface area contributed by atoms with Gasteiger partial charge in [0.05, 0.1) is 46.4 Å². The number of piperazine rings is 1. The highest BCUT2D eigenvalue weighted by Crippen LogP contribution is 2.41. The average molecular weight is 562 g/mol. The Morgan fingerprint density at radius 1 is 0.974 bits per heavy atom. The van der Waals surface area contributed by atoms with Crippen LogP contribution in [0.5, 0.6) is 28.7 Å². The Morgan fingerprint density at radius 2 is 1.61 bits per heavy atom. The molecule has 0 spiro atoms. The van der Waals surface area contributed by atoms with Gasteiger partial charge in [0.15, 0.2) is 23.0 Å². The van der Waals surface area contributed by atoms with E-state index in [1.54, 1.807) is 29.2 Å². The summed E-state index contributed by atoms with van der Waals surface area (Å²) in [6.07, 6.45) is 2.60. The highest BCUT2D eigenvalue weighted by molar-refractivity contribution is 8.23. The van der Waals surface area contributed by atoms with Crippen molar-refractivity contribution in [1.82, 2.24) is 9.80 Å². The molecule has 4 rings (SSSR count). The van der Waals surface area contributed by atoms with Crippen molar-refractivity contribution < 1.29 is 28.8 Å². The second-order valence-electron chi connectivity index (χ2n) is 9.18. The molecule has 1 heterocycles. The van der Waals surface area contributed by atoms with Crippen LogP contribution >= 0.6 is 24.0 Å². The lowest BCUT2D eigenvalue weighted by Crippen LogP contribution is -2.48. The lowest BCUT2D eigenvalue weighted by atomic mass is 10.1. The number of phenolic OH excluding ortho intramolecular Hbond substituents is 1. The van der Waals surface area contributed by atoms with Crippen LogP contribution in [0.4, 0.5) is 5.69 Å². The molecule has 38 heavy (non-hydrogen) atoms. The molecular weight excluding hydrogens is 526 g/mol. The van der Waals surface area contributed by atoms with Crippen molar-refractivity contribution in [1.29, 1.82) is 0 Å². The van der Waals surface area contributed by atoms with Gasteiger partial charge in [0.2, 0.25) is 11.7 Å². The van der Waals surface area contributed by atoms with Crippen molar-refractivity contribution in [2.75, 3.05) is 65.3 Å². The van der Waals surface area contributed by atoms with Gasteiger partial charge in [-0.15, -0.1) is 0 Å². The predicted octanol–water partition coefficient (Wildman–Crippen LogP) is 3.76. The summed E-state index contributed by atoms with van der Waals surface area (Å²) in [7, 11) is 6.09. The van der Waals surface area contributed by atoms with Crippen molar-refractivity contribution in [2.45, 2.75) is 25.4 Å². The van der Waals surface area contributed by atoms with Gasteiger partial charge in [-0.05, 0) is 30.5 Å². The number of hydrogen-bond acceptors (Lipinski definition) is 9. The third kappa shape index (κ3) is 6.57. The molecule has 0 atom stereocenters. The van der Waals surface area contributed by atoms with Gasteiger partial charge in [0.1, 0.15) is 4.32 Å². The number of thiocarbonyl (C=S) groups is 1. The third-order valence-corrected chi connectivity index (χ3v) is 8.31. The largest absolute Gasteiger partial charge is 0.504 e. The number of ether oxygens (including phenoxy) is 4. The van der Waals surface area contributed by atoms with Crippen LogP contribution in [0.15, 0.2) is 30.3 Å². The molecule has 0 bridgehead atoms. The van der Waals surface area contributed by atoms with E-state index < -0.39 is 0 Å². The number of aromatic hydroxyl groups is 1. The van der Waals surface area contributed by atoms with Crippen LogP contribution < -0.4 is 23.8 Å². The van der Waals surface area contributed by atoms with Crippen LogP contribution in [-0.2, 0) is 11.3 Å². The van der Waals surface area contributed by atoms with E-state index in [0.717, 1.165) is 42.1 Å². The summed E-state index contributed by atoms with van der Waals surface area (Å²) in [6, 6.07) is 9.31. The van der Waals surface area contributed by atoms with E-state index in [4.69, 9.17) is 31.2 Å². The molecule has 11 heteroatoms. The maximum atomic E-state index is 13.7. The molecule has 1 aliphatic heterocycles. The maximum Gasteiger partial charge on any atom is 0.237 e. The van der Waals surface area contributed by atoms with E-state index in [-0.39, 0.29) is 24.0 Å². The van der Waals surface area contributed by atoms with Crippen LogP contribution in [0.2, 0.25) is 0 Å². The molecule has 206 valence electrons. The minimum atomic E-state index is -0.140. The van der Waals surface area contributed by atoms with Crippen molar-refractivity contribution in [2.24, 2.45) is 0 Å². The van der Waals surface area contributed by atoms with Gasteiger partial charge in [-0.2, -0.15) is 0 Å². The lowest BCUT2D eigenvalue weighted by molar-refractivity contribution is -0.116. The van der Waals surface area contributed by atoms with Crippen LogP contribution in [0, 0.1) is 0 Å². The van der Waals surface area contributed by atoms with Gasteiger partial charge < -0.3 is 33.9 Å². The van der Waals surface area contributed by atoms with Crippen LogP contribution in [0.3, 0.4) is 0 Å². The minimum Gasteiger partial charge on any atom is -0.504 e. The van der Waals surface area contributed by atoms with E-state index in [0.29, 0.717) is 28.7 Å². The van der Waals surface area contributed by atoms with Crippen LogP contribution in [0.1, 0.15) is 18.4 Å². The standard InChI is InChI=1S/C27H35N3O6S2/c1-33-22-8-5-18(13-21(22)31)16-30(20-14-23(34-2)26(36-4)24(15-20)35-3)25(32)17-38-27(37)29-11-9-28(10-12-29)19-6-7-19/h5,8,13-15,19,31H,6-7,9-12,16-17H2,1-4H3. The number of thioether (sulfide) groups is 1. The number of carbonyl (C=O) groups excluding carboxylic acids is 1. The highest BCUT2D eigenvalue weighted by atomic mass is 32.2. The Balaban J connectivity index is 1.53. The van der Waals surface area contributed by atoms with Crippen molar-refractivity contribution in [3.8, 4) is 28.7 Å². The first-order valence-corrected chi connectivity index (χ1v) is 13.9. The molecule has 1 saturated heterocycles. The number of nitrogens with zero attached hydrogens (tertiary/aromatic N) is 3. The van der Waals surface area contributed by atoms with Gasteiger partial charge in [0, 0.05) is 44.4 Å². The van der Waals surface area contributed by atoms with E-state index in [2.05, 4.69) is 9.80 Å². The first-order valence-electron chi connectivity index (χ1n) is 12.5. The van der Waals surface area contributed by atoms with Gasteiger partial charge in [-0.1, -0.05) is 30.0 Å². The zero-order chi connectivity index (χ0) is 27.2. The quantitative estimate of drug-likeness (QED) is 0.433. The summed E-state index contributed by atoms with van der Waals surface area (Å²) < 4.78 is 22.4. The molecule has 1 saturated carbocycles. The summed E-state index contributed by atoms with van der Waals surface area (Å²) in [5.74, 6) is 1.71. The highest BCUT2D eigenvalue weighted by Gasteiger charge is 2.32. The monoisotopic (exact) mass is 561 g/mol. The summed E-state index contributed by atoms with van der Waals surface area (Å²) in [5, 5.41) is 10.3. The molecule has 0 radical (unpaired) electrons. The number of phenols is 1. The molecule has 2 aliphatic rings. The number of hydrogen-bond donors (Lipinski definition) is 1. The normalized spacial score (nSPS) is 15.6. The van der Waals surface area contributed by atoms with E-state index in [9.17, 15) is 9.90 Å². The van der Waals surface area contributed by atoms with Crippen molar-refractivity contribution >= 4 is 39.9 Å². The third-order valence-electron chi connectivity index (χ3n) is 6.80. The molecule has 0 aromatic heterocycles. The molecule has 2 fully saturated rings. The Morgan fingerprint density at radius 3 is 2.13 bits per heavy atom. The zero-order valence-corrected chi connectivity index (χ0v) is 23.9. The molecule has 1 aliphatic carbocycles.